The van der Waals surface area contributed by atoms with E-state index in [-0.39, 0.29) is 0 Å². The molecule has 2 aromatic rings. The van der Waals surface area contributed by atoms with Crippen LogP contribution in [-0.4, -0.2) is 31.6 Å². The van der Waals surface area contributed by atoms with Crippen LogP contribution in [0, 0.1) is 0 Å². The summed E-state index contributed by atoms with van der Waals surface area (Å²) in [5, 5.41) is 0. The Morgan fingerprint density at radius 3 is 2.79 bits per heavy atom. The largest absolute Gasteiger partial charge is 0.497 e. The molecule has 2 aliphatic rings. The first-order chi connectivity index (χ1) is 11.8. The number of fused-ring (bicyclic) bond motifs is 1. The smallest absolute Gasteiger partial charge is 0.119 e. The van der Waals surface area contributed by atoms with Crippen molar-refractivity contribution in [2.75, 3.05) is 26.7 Å². The van der Waals surface area contributed by atoms with Crippen molar-refractivity contribution in [3.8, 4) is 5.75 Å². The summed E-state index contributed by atoms with van der Waals surface area (Å²) in [7, 11) is 1.76. The number of rotatable bonds is 4. The number of ether oxygens (including phenoxy) is 1. The van der Waals surface area contributed by atoms with Gasteiger partial charge in [-0.25, -0.2) is 0 Å². The number of hydrogen-bond donors (Lipinski definition) is 0. The van der Waals surface area contributed by atoms with Gasteiger partial charge in [-0.2, -0.15) is 0 Å². The van der Waals surface area contributed by atoms with Crippen LogP contribution in [0.3, 0.4) is 0 Å². The summed E-state index contributed by atoms with van der Waals surface area (Å²) in [6.45, 7) is 3.66. The molecule has 126 valence electrons. The Kier molecular flexibility index (Phi) is 4.57. The molecule has 4 rings (SSSR count). The third-order valence-corrected chi connectivity index (χ3v) is 5.81. The summed E-state index contributed by atoms with van der Waals surface area (Å²) < 4.78 is 5.40. The third-order valence-electron chi connectivity index (χ3n) is 5.81. The second-order valence-corrected chi connectivity index (χ2v) is 7.31. The molecular weight excluding hydrogens is 294 g/mol. The first kappa shape index (κ1) is 15.7. The summed E-state index contributed by atoms with van der Waals surface area (Å²) in [6.07, 6.45) is 5.13. The van der Waals surface area contributed by atoms with Crippen molar-refractivity contribution in [1.82, 2.24) is 4.90 Å². The molecule has 2 heteroatoms. The zero-order valence-electron chi connectivity index (χ0n) is 14.6. The zero-order valence-corrected chi connectivity index (χ0v) is 14.6. The van der Waals surface area contributed by atoms with Gasteiger partial charge >= 0.3 is 0 Å². The van der Waals surface area contributed by atoms with E-state index in [1.165, 1.54) is 56.4 Å². The zero-order chi connectivity index (χ0) is 16.4. The highest BCUT2D eigenvalue weighted by Gasteiger charge is 2.28. The highest BCUT2D eigenvalue weighted by molar-refractivity contribution is 5.39. The van der Waals surface area contributed by atoms with E-state index in [0.717, 1.165) is 5.75 Å². The monoisotopic (exact) mass is 321 g/mol. The van der Waals surface area contributed by atoms with Crippen LogP contribution in [-0.2, 0) is 6.42 Å². The number of methoxy groups -OCH3 is 1. The fourth-order valence-electron chi connectivity index (χ4n) is 4.52. The highest BCUT2D eigenvalue weighted by atomic mass is 16.5. The van der Waals surface area contributed by atoms with E-state index < -0.39 is 0 Å². The minimum Gasteiger partial charge on any atom is -0.497 e. The molecule has 0 amide bonds. The fraction of sp³-hybridized carbons (Fsp3) is 0.455. The van der Waals surface area contributed by atoms with E-state index in [1.54, 1.807) is 12.7 Å². The minimum absolute atomic E-state index is 0.689. The van der Waals surface area contributed by atoms with Crippen LogP contribution in [0.1, 0.15) is 47.8 Å². The predicted octanol–water partition coefficient (Wildman–Crippen LogP) is 4.60. The van der Waals surface area contributed by atoms with Crippen LogP contribution in [0.15, 0.2) is 48.5 Å². The molecule has 0 N–H and O–H groups in total. The lowest BCUT2D eigenvalue weighted by Gasteiger charge is -2.29. The molecule has 2 aromatic carbocycles. The van der Waals surface area contributed by atoms with E-state index in [1.807, 2.05) is 0 Å². The molecule has 2 unspecified atom stereocenters. The number of likely N-dealkylation sites (tertiary alicyclic amines) is 1. The van der Waals surface area contributed by atoms with Crippen molar-refractivity contribution in [2.45, 2.75) is 37.5 Å². The van der Waals surface area contributed by atoms with Gasteiger partial charge in [0.2, 0.25) is 0 Å². The van der Waals surface area contributed by atoms with Crippen LogP contribution in [0.2, 0.25) is 0 Å². The molecule has 1 aliphatic carbocycles. The van der Waals surface area contributed by atoms with Gasteiger partial charge < -0.3 is 9.64 Å². The lowest BCUT2D eigenvalue weighted by Crippen LogP contribution is -2.28. The van der Waals surface area contributed by atoms with Crippen LogP contribution >= 0.6 is 0 Å². The van der Waals surface area contributed by atoms with Gasteiger partial charge in [-0.15, -0.1) is 0 Å². The quantitative estimate of drug-likeness (QED) is 0.816. The molecule has 24 heavy (non-hydrogen) atoms. The summed E-state index contributed by atoms with van der Waals surface area (Å²) in [4.78, 5) is 2.68. The Bertz CT molecular complexity index is 682. The van der Waals surface area contributed by atoms with E-state index in [2.05, 4.69) is 53.4 Å². The van der Waals surface area contributed by atoms with E-state index in [9.17, 15) is 0 Å². The number of aryl methyl sites for hydroxylation is 1. The normalized spacial score (nSPS) is 23.9. The summed E-state index contributed by atoms with van der Waals surface area (Å²) in [5.74, 6) is 2.40. The van der Waals surface area contributed by atoms with E-state index in [0.29, 0.717) is 11.8 Å². The third kappa shape index (κ3) is 3.21. The van der Waals surface area contributed by atoms with Crippen LogP contribution in [0.4, 0.5) is 0 Å². The lowest BCUT2D eigenvalue weighted by molar-refractivity contribution is 0.296. The number of nitrogens with zero attached hydrogens (tertiary/aromatic N) is 1. The Hall–Kier alpha value is -1.80. The summed E-state index contributed by atoms with van der Waals surface area (Å²) >= 11 is 0. The summed E-state index contributed by atoms with van der Waals surface area (Å²) in [5.41, 5.74) is 4.57. The standard InChI is InChI=1S/C22H27NO/c1-24-21-10-11-22-18(14-21)8-5-9-20(22)16-23-13-12-19(15-23)17-6-3-2-4-7-17/h2-4,6-7,10-11,14,19-20H,5,8-9,12-13,15-16H2,1H3. The topological polar surface area (TPSA) is 12.5 Å². The van der Waals surface area contributed by atoms with Crippen molar-refractivity contribution in [3.05, 3.63) is 65.2 Å². The van der Waals surface area contributed by atoms with E-state index >= 15 is 0 Å². The highest BCUT2D eigenvalue weighted by Crippen LogP contribution is 2.36. The Labute approximate surface area is 145 Å². The molecule has 2 atom stereocenters. The maximum absolute atomic E-state index is 5.40. The molecule has 0 radical (unpaired) electrons. The van der Waals surface area contributed by atoms with Gasteiger partial charge in [-0.05, 0) is 72.9 Å². The maximum atomic E-state index is 5.40. The first-order valence-electron chi connectivity index (χ1n) is 9.27. The van der Waals surface area contributed by atoms with Gasteiger partial charge in [0.15, 0.2) is 0 Å². The molecule has 1 fully saturated rings. The molecule has 0 aromatic heterocycles. The average Bonchev–Trinajstić information content (AvgIpc) is 3.11. The van der Waals surface area contributed by atoms with Gasteiger partial charge in [0.25, 0.3) is 0 Å². The molecule has 0 bridgehead atoms. The molecular formula is C22H27NO. The lowest BCUT2D eigenvalue weighted by atomic mass is 9.82. The molecule has 1 aliphatic heterocycles. The Morgan fingerprint density at radius 1 is 1.08 bits per heavy atom. The fourth-order valence-corrected chi connectivity index (χ4v) is 4.52. The van der Waals surface area contributed by atoms with Crippen molar-refractivity contribution in [1.29, 1.82) is 0 Å². The first-order valence-corrected chi connectivity index (χ1v) is 9.27. The molecule has 1 heterocycles. The Morgan fingerprint density at radius 2 is 1.96 bits per heavy atom. The van der Waals surface area contributed by atoms with Crippen molar-refractivity contribution in [3.63, 3.8) is 0 Å². The second kappa shape index (κ2) is 6.98. The molecule has 0 spiro atoms. The van der Waals surface area contributed by atoms with Gasteiger partial charge in [0.05, 0.1) is 7.11 Å². The average molecular weight is 321 g/mol. The van der Waals surface area contributed by atoms with Crippen LogP contribution < -0.4 is 4.74 Å². The predicted molar refractivity (Wildman–Crippen MR) is 98.9 cm³/mol. The van der Waals surface area contributed by atoms with Gasteiger partial charge in [-0.1, -0.05) is 36.4 Å². The van der Waals surface area contributed by atoms with Crippen LogP contribution in [0.5, 0.6) is 5.75 Å². The number of hydrogen-bond acceptors (Lipinski definition) is 2. The molecule has 2 nitrogen and oxygen atoms in total. The molecule has 0 saturated carbocycles. The van der Waals surface area contributed by atoms with Crippen LogP contribution in [0.25, 0.3) is 0 Å². The number of benzene rings is 2. The summed E-state index contributed by atoms with van der Waals surface area (Å²) in [6, 6.07) is 17.7. The van der Waals surface area contributed by atoms with Gasteiger partial charge in [-0.3, -0.25) is 0 Å². The van der Waals surface area contributed by atoms with Gasteiger partial charge in [0.1, 0.15) is 5.75 Å². The van der Waals surface area contributed by atoms with Crippen molar-refractivity contribution in [2.24, 2.45) is 0 Å². The van der Waals surface area contributed by atoms with Crippen molar-refractivity contribution < 1.29 is 4.74 Å². The second-order valence-electron chi connectivity index (χ2n) is 7.31. The maximum Gasteiger partial charge on any atom is 0.119 e. The Balaban J connectivity index is 1.44. The minimum atomic E-state index is 0.689. The van der Waals surface area contributed by atoms with Crippen molar-refractivity contribution >= 4 is 0 Å². The molecule has 1 saturated heterocycles. The SMILES string of the molecule is COc1ccc2c(c1)CCCC2CN1CCC(c2ccccc2)C1. The van der Waals surface area contributed by atoms with E-state index in [4.69, 9.17) is 4.74 Å². The van der Waals surface area contributed by atoms with Gasteiger partial charge in [0, 0.05) is 13.1 Å².